The molecule has 0 spiro atoms. The normalized spacial score (nSPS) is 22.9. The van der Waals surface area contributed by atoms with E-state index in [1.807, 2.05) is 0 Å². The van der Waals surface area contributed by atoms with Crippen molar-refractivity contribution in [1.82, 2.24) is 25.3 Å². The number of hydrogen-bond donors (Lipinski definition) is 3. The zero-order chi connectivity index (χ0) is 14.1. The molecule has 1 fully saturated rings. The van der Waals surface area contributed by atoms with E-state index in [4.69, 9.17) is 11.6 Å². The van der Waals surface area contributed by atoms with Crippen LogP contribution in [0, 0.1) is 5.92 Å². The number of H-pyrrole nitrogens is 1. The smallest absolute Gasteiger partial charge is 0.233 e. The Balaban J connectivity index is 1.76. The number of nitrogens with zero attached hydrogens (tertiary/aromatic N) is 3. The standard InChI is InChI=1S/C12H15ClN6O/c1-6-4-7(2-3-14-6)11(20)19-12-17-9(13)8-10(18-12)16-5-15-8/h5-7,14H,2-4H2,1H3,(H2,15,16,17,18,19,20). The quantitative estimate of drug-likeness (QED) is 0.726. The highest BCUT2D eigenvalue weighted by molar-refractivity contribution is 6.33. The summed E-state index contributed by atoms with van der Waals surface area (Å²) in [5.74, 6) is 0.110. The van der Waals surface area contributed by atoms with Crippen LogP contribution >= 0.6 is 11.6 Å². The minimum absolute atomic E-state index is 0.0245. The fourth-order valence-corrected chi connectivity index (χ4v) is 2.66. The van der Waals surface area contributed by atoms with Crippen LogP contribution < -0.4 is 10.6 Å². The lowest BCUT2D eigenvalue weighted by molar-refractivity contribution is -0.120. The van der Waals surface area contributed by atoms with Crippen LogP contribution in [-0.2, 0) is 4.79 Å². The summed E-state index contributed by atoms with van der Waals surface area (Å²) in [6, 6.07) is 0.345. The van der Waals surface area contributed by atoms with Crippen LogP contribution in [0.4, 0.5) is 5.95 Å². The van der Waals surface area contributed by atoms with Crippen LogP contribution in [0.25, 0.3) is 11.2 Å². The second-order valence-electron chi connectivity index (χ2n) is 5.00. The van der Waals surface area contributed by atoms with Gasteiger partial charge in [0.25, 0.3) is 0 Å². The SMILES string of the molecule is CC1CC(C(=O)Nc2nc(Cl)c3[nH]cnc3n2)CCN1. The first-order valence-corrected chi connectivity index (χ1v) is 6.92. The van der Waals surface area contributed by atoms with Crippen molar-refractivity contribution in [1.29, 1.82) is 0 Å². The number of amides is 1. The van der Waals surface area contributed by atoms with Gasteiger partial charge in [0.15, 0.2) is 10.8 Å². The highest BCUT2D eigenvalue weighted by atomic mass is 35.5. The summed E-state index contributed by atoms with van der Waals surface area (Å²) in [6.45, 7) is 2.92. The summed E-state index contributed by atoms with van der Waals surface area (Å²) in [4.78, 5) is 27.3. The lowest BCUT2D eigenvalue weighted by atomic mass is 9.92. The second kappa shape index (κ2) is 5.34. The first-order valence-electron chi connectivity index (χ1n) is 6.54. The van der Waals surface area contributed by atoms with Gasteiger partial charge >= 0.3 is 0 Å². The van der Waals surface area contributed by atoms with Gasteiger partial charge in [-0.05, 0) is 26.3 Å². The number of nitrogens with one attached hydrogen (secondary N) is 3. The molecule has 3 heterocycles. The number of imidazole rings is 1. The molecule has 2 unspecified atom stereocenters. The number of anilines is 1. The van der Waals surface area contributed by atoms with Crippen molar-refractivity contribution in [2.24, 2.45) is 5.92 Å². The Morgan fingerprint density at radius 1 is 1.50 bits per heavy atom. The van der Waals surface area contributed by atoms with Gasteiger partial charge in [-0.25, -0.2) is 4.98 Å². The molecule has 7 nitrogen and oxygen atoms in total. The number of fused-ring (bicyclic) bond motifs is 1. The van der Waals surface area contributed by atoms with Crippen molar-refractivity contribution in [3.8, 4) is 0 Å². The zero-order valence-electron chi connectivity index (χ0n) is 11.0. The summed E-state index contributed by atoms with van der Waals surface area (Å²) >= 11 is 6.01. The highest BCUT2D eigenvalue weighted by Crippen LogP contribution is 2.20. The Hall–Kier alpha value is -1.73. The van der Waals surface area contributed by atoms with Crippen LogP contribution in [0.3, 0.4) is 0 Å². The van der Waals surface area contributed by atoms with Crippen molar-refractivity contribution >= 4 is 34.6 Å². The molecular formula is C12H15ClN6O. The topological polar surface area (TPSA) is 95.6 Å². The first kappa shape index (κ1) is 13.3. The number of halogens is 1. The molecule has 3 N–H and O–H groups in total. The van der Waals surface area contributed by atoms with Crippen LogP contribution in [0.2, 0.25) is 5.15 Å². The van der Waals surface area contributed by atoms with Crippen LogP contribution in [0.5, 0.6) is 0 Å². The maximum absolute atomic E-state index is 12.2. The van der Waals surface area contributed by atoms with Gasteiger partial charge in [-0.1, -0.05) is 11.6 Å². The lowest BCUT2D eigenvalue weighted by Crippen LogP contribution is -2.40. The van der Waals surface area contributed by atoms with Crippen molar-refractivity contribution in [2.45, 2.75) is 25.8 Å². The van der Waals surface area contributed by atoms with Gasteiger partial charge in [0.2, 0.25) is 11.9 Å². The number of hydrogen-bond acceptors (Lipinski definition) is 5. The van der Waals surface area contributed by atoms with E-state index in [0.717, 1.165) is 19.4 Å². The van der Waals surface area contributed by atoms with Crippen LogP contribution in [0.15, 0.2) is 6.33 Å². The molecule has 8 heteroatoms. The molecule has 1 aliphatic rings. The monoisotopic (exact) mass is 294 g/mol. The summed E-state index contributed by atoms with van der Waals surface area (Å²) in [5, 5.41) is 6.29. The van der Waals surface area contributed by atoms with E-state index < -0.39 is 0 Å². The summed E-state index contributed by atoms with van der Waals surface area (Å²) in [6.07, 6.45) is 3.12. The summed E-state index contributed by atoms with van der Waals surface area (Å²) < 4.78 is 0. The van der Waals surface area contributed by atoms with E-state index in [2.05, 4.69) is 37.5 Å². The van der Waals surface area contributed by atoms with Crippen molar-refractivity contribution in [2.75, 3.05) is 11.9 Å². The molecular weight excluding hydrogens is 280 g/mol. The minimum atomic E-state index is -0.0655. The number of aromatic nitrogens is 4. The predicted molar refractivity (Wildman–Crippen MR) is 75.5 cm³/mol. The average Bonchev–Trinajstić information content (AvgIpc) is 2.87. The third-order valence-corrected chi connectivity index (χ3v) is 3.74. The fraction of sp³-hybridized carbons (Fsp3) is 0.500. The average molecular weight is 295 g/mol. The van der Waals surface area contributed by atoms with Gasteiger partial charge in [-0.15, -0.1) is 0 Å². The first-order chi connectivity index (χ1) is 9.63. The number of carbonyl (C=O) groups is 1. The van der Waals surface area contributed by atoms with Crippen molar-refractivity contribution < 1.29 is 4.79 Å². The molecule has 106 valence electrons. The maximum Gasteiger partial charge on any atom is 0.233 e. The molecule has 0 aromatic carbocycles. The Morgan fingerprint density at radius 2 is 2.35 bits per heavy atom. The number of aromatic amines is 1. The summed E-state index contributed by atoms with van der Waals surface area (Å²) in [5.41, 5.74) is 1.01. The van der Waals surface area contributed by atoms with E-state index >= 15 is 0 Å². The molecule has 2 aromatic heterocycles. The third-order valence-electron chi connectivity index (χ3n) is 3.47. The van der Waals surface area contributed by atoms with Gasteiger partial charge in [0.05, 0.1) is 6.33 Å². The maximum atomic E-state index is 12.2. The molecule has 0 bridgehead atoms. The van der Waals surface area contributed by atoms with E-state index in [0.29, 0.717) is 17.2 Å². The molecule has 2 atom stereocenters. The lowest BCUT2D eigenvalue weighted by Gasteiger charge is -2.26. The van der Waals surface area contributed by atoms with Gasteiger partial charge < -0.3 is 10.3 Å². The number of rotatable bonds is 2. The summed E-state index contributed by atoms with van der Waals surface area (Å²) in [7, 11) is 0. The van der Waals surface area contributed by atoms with Crippen molar-refractivity contribution in [3.63, 3.8) is 0 Å². The molecule has 0 radical (unpaired) electrons. The molecule has 0 aliphatic carbocycles. The Labute approximate surface area is 120 Å². The van der Waals surface area contributed by atoms with E-state index in [-0.39, 0.29) is 22.9 Å². The van der Waals surface area contributed by atoms with E-state index in [1.165, 1.54) is 6.33 Å². The van der Waals surface area contributed by atoms with Crippen LogP contribution in [0.1, 0.15) is 19.8 Å². The van der Waals surface area contributed by atoms with Gasteiger partial charge in [-0.3, -0.25) is 10.1 Å². The van der Waals surface area contributed by atoms with E-state index in [1.54, 1.807) is 0 Å². The molecule has 0 saturated carbocycles. The fourth-order valence-electron chi connectivity index (χ4n) is 2.44. The number of piperidine rings is 1. The Morgan fingerprint density at radius 3 is 3.15 bits per heavy atom. The van der Waals surface area contributed by atoms with Gasteiger partial charge in [-0.2, -0.15) is 9.97 Å². The third kappa shape index (κ3) is 2.59. The number of carbonyl (C=O) groups excluding carboxylic acids is 1. The van der Waals surface area contributed by atoms with Gasteiger partial charge in [0, 0.05) is 12.0 Å². The second-order valence-corrected chi connectivity index (χ2v) is 5.36. The van der Waals surface area contributed by atoms with Crippen LogP contribution in [-0.4, -0.2) is 38.4 Å². The Kier molecular flexibility index (Phi) is 3.54. The largest absolute Gasteiger partial charge is 0.341 e. The molecule has 2 aromatic rings. The predicted octanol–water partition coefficient (Wildman–Crippen LogP) is 1.33. The Bertz CT molecular complexity index is 642. The highest BCUT2D eigenvalue weighted by Gasteiger charge is 2.25. The van der Waals surface area contributed by atoms with Gasteiger partial charge in [0.1, 0.15) is 5.52 Å². The molecule has 3 rings (SSSR count). The van der Waals surface area contributed by atoms with E-state index in [9.17, 15) is 4.79 Å². The molecule has 1 saturated heterocycles. The zero-order valence-corrected chi connectivity index (χ0v) is 11.7. The molecule has 20 heavy (non-hydrogen) atoms. The molecule has 1 amide bonds. The molecule has 1 aliphatic heterocycles. The minimum Gasteiger partial charge on any atom is -0.341 e. The van der Waals surface area contributed by atoms with Crippen molar-refractivity contribution in [3.05, 3.63) is 11.5 Å².